The fourth-order valence-electron chi connectivity index (χ4n) is 5.08. The smallest absolute Gasteiger partial charge is 0.394 e. The summed E-state index contributed by atoms with van der Waals surface area (Å²) in [5, 5.41) is 12.8. The maximum atomic E-state index is 13.3. The predicted octanol–water partition coefficient (Wildman–Crippen LogP) is 4.65. The molecule has 1 amide bonds. The van der Waals surface area contributed by atoms with Gasteiger partial charge in [-0.15, -0.1) is 0 Å². The lowest BCUT2D eigenvalue weighted by molar-refractivity contribution is -0.146. The number of carbonyl (C=O) groups excluding carboxylic acids is 1. The van der Waals surface area contributed by atoms with E-state index in [0.717, 1.165) is 5.56 Å². The Morgan fingerprint density at radius 1 is 1.03 bits per heavy atom. The monoisotopic (exact) mass is 516 g/mol. The van der Waals surface area contributed by atoms with Crippen LogP contribution >= 0.6 is 0 Å². The van der Waals surface area contributed by atoms with E-state index in [4.69, 9.17) is 4.74 Å². The number of piperidine rings is 1. The molecule has 2 aliphatic rings. The number of nitrogens with zero attached hydrogens (tertiary/aromatic N) is 1. The van der Waals surface area contributed by atoms with Gasteiger partial charge in [0.05, 0.1) is 48.1 Å². The topological polar surface area (TPSA) is 61.8 Å². The van der Waals surface area contributed by atoms with Crippen LogP contribution in [-0.2, 0) is 27.4 Å². The van der Waals surface area contributed by atoms with Gasteiger partial charge in [0.25, 0.3) is 0 Å². The van der Waals surface area contributed by atoms with E-state index in [1.54, 1.807) is 12.1 Å². The average molecular weight is 516 g/mol. The van der Waals surface area contributed by atoms with Crippen molar-refractivity contribution in [1.29, 1.82) is 0 Å². The number of carbonyl (C=O) groups is 1. The van der Waals surface area contributed by atoms with Gasteiger partial charge in [0.15, 0.2) is 0 Å². The summed E-state index contributed by atoms with van der Waals surface area (Å²) in [6.07, 6.45) is -10.2. The van der Waals surface area contributed by atoms with Gasteiger partial charge in [-0.2, -0.15) is 26.3 Å². The van der Waals surface area contributed by atoms with E-state index in [0.29, 0.717) is 31.5 Å². The van der Waals surface area contributed by atoms with Crippen molar-refractivity contribution in [2.24, 2.45) is 0 Å². The van der Waals surface area contributed by atoms with Crippen LogP contribution in [0.3, 0.4) is 0 Å². The number of benzene rings is 2. The summed E-state index contributed by atoms with van der Waals surface area (Å²) < 4.78 is 86.0. The van der Waals surface area contributed by atoms with E-state index in [9.17, 15) is 36.2 Å². The molecule has 5 nitrogen and oxygen atoms in total. The lowest BCUT2D eigenvalue weighted by atomic mass is 9.73. The third kappa shape index (κ3) is 5.09. The molecule has 36 heavy (non-hydrogen) atoms. The summed E-state index contributed by atoms with van der Waals surface area (Å²) in [7, 11) is 0. The van der Waals surface area contributed by atoms with Crippen molar-refractivity contribution >= 4 is 5.91 Å². The molecular formula is C25H26F6N2O3. The maximum Gasteiger partial charge on any atom is 0.416 e. The second-order valence-electron chi connectivity index (χ2n) is 9.53. The Kier molecular flexibility index (Phi) is 6.87. The predicted molar refractivity (Wildman–Crippen MR) is 118 cm³/mol. The Balaban J connectivity index is 1.67. The lowest BCUT2D eigenvalue weighted by Gasteiger charge is -2.56. The number of hydrogen-bond acceptors (Lipinski definition) is 4. The van der Waals surface area contributed by atoms with Crippen LogP contribution in [0.15, 0.2) is 48.5 Å². The molecule has 1 unspecified atom stereocenters. The molecule has 0 radical (unpaired) electrons. The first kappa shape index (κ1) is 26.4. The molecule has 2 N–H and O–H groups in total. The SMILES string of the molecule is C[C@@H](OC[C@@]1(c2ccccc2)CC[C@]2(CO)CN1CC(=O)N2)c1cc(C(F)(F)F)cc(C(F)(F)F)c1. The van der Waals surface area contributed by atoms with Gasteiger partial charge in [0.1, 0.15) is 0 Å². The van der Waals surface area contributed by atoms with E-state index in [1.165, 1.54) is 6.92 Å². The summed E-state index contributed by atoms with van der Waals surface area (Å²) in [4.78, 5) is 14.3. The Bertz CT molecular complexity index is 1070. The number of alkyl halides is 6. The van der Waals surface area contributed by atoms with Gasteiger partial charge in [-0.05, 0) is 49.1 Å². The summed E-state index contributed by atoms with van der Waals surface area (Å²) >= 11 is 0. The largest absolute Gasteiger partial charge is 0.416 e. The van der Waals surface area contributed by atoms with Crippen molar-refractivity contribution in [3.8, 4) is 0 Å². The molecule has 2 aliphatic heterocycles. The summed E-state index contributed by atoms with van der Waals surface area (Å²) in [6.45, 7) is 1.39. The number of rotatable bonds is 6. The fraction of sp³-hybridized carbons (Fsp3) is 0.480. The lowest BCUT2D eigenvalue weighted by Crippen LogP contribution is -2.72. The second-order valence-corrected chi connectivity index (χ2v) is 9.53. The molecule has 196 valence electrons. The van der Waals surface area contributed by atoms with Crippen molar-refractivity contribution in [2.75, 3.05) is 26.3 Å². The molecule has 2 saturated heterocycles. The van der Waals surface area contributed by atoms with Crippen molar-refractivity contribution in [2.45, 2.75) is 49.3 Å². The Hall–Kier alpha value is -2.63. The number of nitrogens with one attached hydrogen (secondary N) is 1. The standard InChI is InChI=1S/C25H26F6N2O3/c1-16(17-9-19(24(26,27)28)11-20(10-17)25(29,30)31)36-15-23(18-5-3-2-4-6-18)8-7-22(14-34)13-33(23)12-21(35)32-22/h2-6,9-11,16,34H,7-8,12-15H2,1H3,(H,32,35)/t16-,22-,23-/m1/s1. The highest BCUT2D eigenvalue weighted by molar-refractivity contribution is 5.80. The highest BCUT2D eigenvalue weighted by Gasteiger charge is 2.52. The van der Waals surface area contributed by atoms with E-state index >= 15 is 0 Å². The highest BCUT2D eigenvalue weighted by Crippen LogP contribution is 2.44. The zero-order chi connectivity index (χ0) is 26.4. The Morgan fingerprint density at radius 2 is 1.64 bits per heavy atom. The third-order valence-corrected chi connectivity index (χ3v) is 7.12. The van der Waals surface area contributed by atoms with Gasteiger partial charge in [-0.25, -0.2) is 0 Å². The van der Waals surface area contributed by atoms with Crippen molar-refractivity contribution in [3.05, 3.63) is 70.8 Å². The van der Waals surface area contributed by atoms with Crippen LogP contribution in [0.2, 0.25) is 0 Å². The average Bonchev–Trinajstić information content (AvgIpc) is 2.82. The Labute approximate surface area is 204 Å². The van der Waals surface area contributed by atoms with E-state index in [2.05, 4.69) is 5.32 Å². The molecule has 2 fully saturated rings. The van der Waals surface area contributed by atoms with Gasteiger partial charge in [-0.3, -0.25) is 9.69 Å². The van der Waals surface area contributed by atoms with Gasteiger partial charge < -0.3 is 15.2 Å². The van der Waals surface area contributed by atoms with Crippen LogP contribution in [-0.4, -0.2) is 47.8 Å². The van der Waals surface area contributed by atoms with Crippen LogP contribution in [0.4, 0.5) is 26.3 Å². The molecule has 0 spiro atoms. The molecule has 0 saturated carbocycles. The molecule has 0 aromatic heterocycles. The van der Waals surface area contributed by atoms with Crippen LogP contribution in [0.1, 0.15) is 48.1 Å². The normalized spacial score (nSPS) is 27.4. The van der Waals surface area contributed by atoms with E-state index in [1.807, 2.05) is 23.1 Å². The van der Waals surface area contributed by atoms with Crippen molar-refractivity contribution in [3.63, 3.8) is 0 Å². The minimum atomic E-state index is -4.96. The van der Waals surface area contributed by atoms with E-state index in [-0.39, 0.29) is 37.3 Å². The zero-order valence-electron chi connectivity index (χ0n) is 19.4. The number of piperazine rings is 1. The maximum absolute atomic E-state index is 13.3. The van der Waals surface area contributed by atoms with Gasteiger partial charge in [-0.1, -0.05) is 30.3 Å². The number of hydrogen-bond donors (Lipinski definition) is 2. The third-order valence-electron chi connectivity index (χ3n) is 7.12. The van der Waals surface area contributed by atoms with Gasteiger partial charge in [0.2, 0.25) is 5.91 Å². The quantitative estimate of drug-likeness (QED) is 0.549. The number of amides is 1. The number of aliphatic hydroxyl groups excluding tert-OH is 1. The number of aliphatic hydroxyl groups is 1. The summed E-state index contributed by atoms with van der Waals surface area (Å²) in [5.41, 5.74) is -3.93. The molecule has 2 heterocycles. The summed E-state index contributed by atoms with van der Waals surface area (Å²) in [6, 6.07) is 10.5. The number of fused-ring (bicyclic) bond motifs is 2. The molecule has 0 aliphatic carbocycles. The number of ether oxygens (including phenoxy) is 1. The molecule has 2 bridgehead atoms. The van der Waals surface area contributed by atoms with Crippen LogP contribution < -0.4 is 5.32 Å². The molecular weight excluding hydrogens is 490 g/mol. The highest BCUT2D eigenvalue weighted by atomic mass is 19.4. The minimum absolute atomic E-state index is 0.0101. The second kappa shape index (κ2) is 9.35. The minimum Gasteiger partial charge on any atom is -0.394 e. The van der Waals surface area contributed by atoms with Crippen LogP contribution in [0.5, 0.6) is 0 Å². The van der Waals surface area contributed by atoms with Crippen molar-refractivity contribution < 1.29 is 41.0 Å². The van der Waals surface area contributed by atoms with Crippen LogP contribution in [0, 0.1) is 0 Å². The fourth-order valence-corrected chi connectivity index (χ4v) is 5.08. The molecule has 4 rings (SSSR count). The number of halogens is 6. The first-order valence-electron chi connectivity index (χ1n) is 11.4. The first-order valence-corrected chi connectivity index (χ1v) is 11.4. The van der Waals surface area contributed by atoms with Gasteiger partial charge >= 0.3 is 12.4 Å². The Morgan fingerprint density at radius 3 is 2.19 bits per heavy atom. The van der Waals surface area contributed by atoms with Gasteiger partial charge in [0, 0.05) is 6.54 Å². The first-order chi connectivity index (χ1) is 16.8. The zero-order valence-corrected chi connectivity index (χ0v) is 19.4. The van der Waals surface area contributed by atoms with E-state index < -0.39 is 40.7 Å². The molecule has 11 heteroatoms. The summed E-state index contributed by atoms with van der Waals surface area (Å²) in [5.74, 6) is -0.281. The molecule has 2 aromatic rings. The van der Waals surface area contributed by atoms with Crippen molar-refractivity contribution in [1.82, 2.24) is 10.2 Å². The molecule has 2 aromatic carbocycles. The van der Waals surface area contributed by atoms with Crippen LogP contribution in [0.25, 0.3) is 0 Å². The molecule has 4 atom stereocenters.